The maximum atomic E-state index is 12.3. The molecule has 4 nitrogen and oxygen atoms in total. The van der Waals surface area contributed by atoms with Gasteiger partial charge in [-0.05, 0) is 36.6 Å². The Kier molecular flexibility index (Phi) is 6.99. The molecule has 0 bridgehead atoms. The molecule has 2 atom stereocenters. The van der Waals surface area contributed by atoms with Gasteiger partial charge in [-0.1, -0.05) is 26.0 Å². The lowest BCUT2D eigenvalue weighted by molar-refractivity contribution is -0.125. The Balaban J connectivity index is 0.00000220. The molecule has 0 spiro atoms. The Bertz CT molecular complexity index is 442. The van der Waals surface area contributed by atoms with Crippen LogP contribution in [-0.4, -0.2) is 26.1 Å². The van der Waals surface area contributed by atoms with Gasteiger partial charge in [0.05, 0.1) is 19.1 Å². The van der Waals surface area contributed by atoms with E-state index < -0.39 is 0 Å². The van der Waals surface area contributed by atoms with Crippen LogP contribution in [0.25, 0.3) is 0 Å². The molecule has 1 amide bonds. The second kappa shape index (κ2) is 8.25. The minimum atomic E-state index is 0. The lowest BCUT2D eigenvalue weighted by atomic mass is 9.95. The fourth-order valence-corrected chi connectivity index (χ4v) is 2.60. The number of rotatable bonds is 5. The molecule has 2 rings (SSSR count). The van der Waals surface area contributed by atoms with Crippen molar-refractivity contribution in [2.24, 2.45) is 11.8 Å². The van der Waals surface area contributed by atoms with E-state index in [2.05, 4.69) is 24.5 Å². The molecule has 1 aromatic carbocycles. The summed E-state index contributed by atoms with van der Waals surface area (Å²) < 4.78 is 5.18. The summed E-state index contributed by atoms with van der Waals surface area (Å²) >= 11 is 0. The fourth-order valence-electron chi connectivity index (χ4n) is 2.60. The Morgan fingerprint density at radius 1 is 1.33 bits per heavy atom. The predicted molar refractivity (Wildman–Crippen MR) is 86.9 cm³/mol. The first-order valence-electron chi connectivity index (χ1n) is 7.27. The Labute approximate surface area is 133 Å². The van der Waals surface area contributed by atoms with Crippen molar-refractivity contribution in [3.05, 3.63) is 29.8 Å². The molecule has 5 heteroatoms. The van der Waals surface area contributed by atoms with Gasteiger partial charge in [-0.15, -0.1) is 12.4 Å². The largest absolute Gasteiger partial charge is 0.497 e. The molecule has 21 heavy (non-hydrogen) atoms. The van der Waals surface area contributed by atoms with Gasteiger partial charge in [-0.25, -0.2) is 0 Å². The standard InChI is InChI=1S/C16H24N2O2.ClH/c1-11(2)15(12-4-6-14(20-3)7-5-12)18-16(19)13-8-9-17-10-13;/h4-7,11,13,15,17H,8-10H2,1-3H3,(H,18,19);1H. The van der Waals surface area contributed by atoms with Crippen molar-refractivity contribution in [3.8, 4) is 5.75 Å². The second-order valence-electron chi connectivity index (χ2n) is 5.69. The monoisotopic (exact) mass is 312 g/mol. The van der Waals surface area contributed by atoms with Crippen molar-refractivity contribution in [3.63, 3.8) is 0 Å². The third-order valence-corrected chi connectivity index (χ3v) is 3.87. The first-order chi connectivity index (χ1) is 9.61. The van der Waals surface area contributed by atoms with Crippen LogP contribution in [0.1, 0.15) is 31.9 Å². The number of amides is 1. The van der Waals surface area contributed by atoms with E-state index in [-0.39, 0.29) is 30.3 Å². The minimum absolute atomic E-state index is 0. The zero-order valence-electron chi connectivity index (χ0n) is 12.9. The van der Waals surface area contributed by atoms with E-state index in [1.165, 1.54) is 0 Å². The topological polar surface area (TPSA) is 50.4 Å². The van der Waals surface area contributed by atoms with E-state index in [4.69, 9.17) is 4.74 Å². The average Bonchev–Trinajstić information content (AvgIpc) is 2.98. The van der Waals surface area contributed by atoms with Crippen LogP contribution in [0.3, 0.4) is 0 Å². The highest BCUT2D eigenvalue weighted by Crippen LogP contribution is 2.24. The summed E-state index contributed by atoms with van der Waals surface area (Å²) in [5.74, 6) is 1.45. The van der Waals surface area contributed by atoms with Gasteiger partial charge in [-0.3, -0.25) is 4.79 Å². The quantitative estimate of drug-likeness (QED) is 0.878. The van der Waals surface area contributed by atoms with Crippen molar-refractivity contribution in [2.45, 2.75) is 26.3 Å². The Morgan fingerprint density at radius 3 is 2.48 bits per heavy atom. The number of hydrogen-bond acceptors (Lipinski definition) is 3. The van der Waals surface area contributed by atoms with Crippen LogP contribution < -0.4 is 15.4 Å². The summed E-state index contributed by atoms with van der Waals surface area (Å²) in [4.78, 5) is 12.3. The van der Waals surface area contributed by atoms with Crippen LogP contribution >= 0.6 is 12.4 Å². The van der Waals surface area contributed by atoms with E-state index in [1.54, 1.807) is 7.11 Å². The molecule has 2 unspecified atom stereocenters. The van der Waals surface area contributed by atoms with Gasteiger partial charge in [0.15, 0.2) is 0 Å². The molecular weight excluding hydrogens is 288 g/mol. The summed E-state index contributed by atoms with van der Waals surface area (Å²) in [7, 11) is 1.66. The maximum Gasteiger partial charge on any atom is 0.224 e. The number of carbonyl (C=O) groups is 1. The normalized spacial score (nSPS) is 19.0. The maximum absolute atomic E-state index is 12.3. The Hall–Kier alpha value is -1.26. The number of halogens is 1. The van der Waals surface area contributed by atoms with E-state index in [0.717, 1.165) is 30.8 Å². The zero-order chi connectivity index (χ0) is 14.5. The summed E-state index contributed by atoms with van der Waals surface area (Å²) in [5.41, 5.74) is 1.13. The van der Waals surface area contributed by atoms with E-state index in [0.29, 0.717) is 5.92 Å². The summed E-state index contributed by atoms with van der Waals surface area (Å²) in [6, 6.07) is 7.98. The third-order valence-electron chi connectivity index (χ3n) is 3.87. The fraction of sp³-hybridized carbons (Fsp3) is 0.562. The predicted octanol–water partition coefficient (Wildman–Crippen LogP) is 2.54. The molecule has 0 aliphatic carbocycles. The highest BCUT2D eigenvalue weighted by molar-refractivity contribution is 5.85. The smallest absolute Gasteiger partial charge is 0.224 e. The van der Waals surface area contributed by atoms with E-state index >= 15 is 0 Å². The van der Waals surface area contributed by atoms with Crippen LogP contribution in [0.5, 0.6) is 5.75 Å². The van der Waals surface area contributed by atoms with Crippen molar-refractivity contribution in [1.29, 1.82) is 0 Å². The van der Waals surface area contributed by atoms with E-state index in [1.807, 2.05) is 24.3 Å². The van der Waals surface area contributed by atoms with Gasteiger partial charge in [0.25, 0.3) is 0 Å². The second-order valence-corrected chi connectivity index (χ2v) is 5.69. The number of methoxy groups -OCH3 is 1. The molecule has 1 saturated heterocycles. The first kappa shape index (κ1) is 17.8. The molecule has 0 saturated carbocycles. The van der Waals surface area contributed by atoms with Gasteiger partial charge in [0, 0.05) is 6.54 Å². The van der Waals surface area contributed by atoms with Gasteiger partial charge in [-0.2, -0.15) is 0 Å². The molecule has 118 valence electrons. The van der Waals surface area contributed by atoms with Crippen LogP contribution in [0.4, 0.5) is 0 Å². The van der Waals surface area contributed by atoms with Crippen molar-refractivity contribution in [1.82, 2.24) is 10.6 Å². The van der Waals surface area contributed by atoms with Crippen molar-refractivity contribution < 1.29 is 9.53 Å². The van der Waals surface area contributed by atoms with Crippen LogP contribution in [0.2, 0.25) is 0 Å². The lowest BCUT2D eigenvalue weighted by Crippen LogP contribution is -2.37. The number of hydrogen-bond donors (Lipinski definition) is 2. The lowest BCUT2D eigenvalue weighted by Gasteiger charge is -2.24. The summed E-state index contributed by atoms with van der Waals surface area (Å²) in [5, 5.41) is 6.43. The summed E-state index contributed by atoms with van der Waals surface area (Å²) in [6.45, 7) is 5.98. The number of ether oxygens (including phenoxy) is 1. The van der Waals surface area contributed by atoms with Crippen molar-refractivity contribution >= 4 is 18.3 Å². The molecule has 0 radical (unpaired) electrons. The highest BCUT2D eigenvalue weighted by atomic mass is 35.5. The van der Waals surface area contributed by atoms with Gasteiger partial charge < -0.3 is 15.4 Å². The summed E-state index contributed by atoms with van der Waals surface area (Å²) in [6.07, 6.45) is 0.930. The molecule has 1 heterocycles. The molecule has 0 aromatic heterocycles. The average molecular weight is 313 g/mol. The van der Waals surface area contributed by atoms with Gasteiger partial charge >= 0.3 is 0 Å². The number of benzene rings is 1. The van der Waals surface area contributed by atoms with E-state index in [9.17, 15) is 4.79 Å². The SMILES string of the molecule is COc1ccc(C(NC(=O)C2CCNC2)C(C)C)cc1.Cl. The molecule has 1 aliphatic rings. The molecule has 2 N–H and O–H groups in total. The number of carbonyl (C=O) groups excluding carboxylic acids is 1. The van der Waals surface area contributed by atoms with Crippen LogP contribution in [0.15, 0.2) is 24.3 Å². The van der Waals surface area contributed by atoms with Crippen molar-refractivity contribution in [2.75, 3.05) is 20.2 Å². The van der Waals surface area contributed by atoms with Gasteiger partial charge in [0.1, 0.15) is 5.75 Å². The highest BCUT2D eigenvalue weighted by Gasteiger charge is 2.26. The van der Waals surface area contributed by atoms with Crippen LogP contribution in [0, 0.1) is 11.8 Å². The molecular formula is C16H25ClN2O2. The van der Waals surface area contributed by atoms with Crippen LogP contribution in [-0.2, 0) is 4.79 Å². The third kappa shape index (κ3) is 4.61. The Morgan fingerprint density at radius 2 is 2.00 bits per heavy atom. The minimum Gasteiger partial charge on any atom is -0.497 e. The molecule has 1 aromatic rings. The van der Waals surface area contributed by atoms with Gasteiger partial charge in [0.2, 0.25) is 5.91 Å². The molecule has 1 aliphatic heterocycles. The first-order valence-corrected chi connectivity index (χ1v) is 7.27. The number of nitrogens with one attached hydrogen (secondary N) is 2. The zero-order valence-corrected chi connectivity index (χ0v) is 13.7. The molecule has 1 fully saturated rings.